The number of benzene rings is 3. The normalized spacial score (nSPS) is 25.7. The fourth-order valence-corrected chi connectivity index (χ4v) is 9.98. The fourth-order valence-electron chi connectivity index (χ4n) is 7.42. The number of aliphatic hydroxyl groups is 4. The molecule has 0 aliphatic carbocycles. The second kappa shape index (κ2) is 24.1. The molecule has 1 fully saturated rings. The standard InChI is InChI=1S/C38H51N3O12S2.C2H6O.K.H2O.H/c1-5-7-18-38(6-2)23-54(46,47)30-17-16-27(41(3)4)20-28(30)31(35(38)44)25-14-11-15-26(19-25)39-37(45)40-36-33(43)34(51-21-24-12-9-8-10-13-24)32(42)29(53-36)22-52-55(48,49)50;1-2-3;;;/h8-17,19-20,29,31-36,42-44H,5-7,18,21-23H2,1-4H3,(H2,39,40,45)(H,48,49,50);3H,2H2,1H3;;1H2;/q;;+1;;-1/t29-,31-,32-,33-,34+,35-,36-,38-;;;;/m1..../s1. The van der Waals surface area contributed by atoms with E-state index < -0.39 is 81.0 Å². The number of hydrogen-bond acceptors (Lipinski definition) is 13. The maximum Gasteiger partial charge on any atom is 1.00 e. The van der Waals surface area contributed by atoms with E-state index in [2.05, 4.69) is 14.8 Å². The van der Waals surface area contributed by atoms with Crippen molar-refractivity contribution in [2.45, 2.75) is 101 Å². The molecular formula is C40H60KN3O14S2. The molecule has 3 aromatic carbocycles. The quantitative estimate of drug-likeness (QED) is 0.0822. The first-order valence-electron chi connectivity index (χ1n) is 19.2. The zero-order chi connectivity index (χ0) is 42.8. The molecule has 3 aromatic rings. The van der Waals surface area contributed by atoms with Crippen LogP contribution in [-0.4, -0.2) is 123 Å². The van der Waals surface area contributed by atoms with Gasteiger partial charge in [-0.2, -0.15) is 8.42 Å². The van der Waals surface area contributed by atoms with Crippen LogP contribution in [0.5, 0.6) is 0 Å². The van der Waals surface area contributed by atoms with Gasteiger partial charge in [0, 0.05) is 43.4 Å². The zero-order valence-electron chi connectivity index (χ0n) is 35.9. The minimum Gasteiger partial charge on any atom is -1.00 e. The van der Waals surface area contributed by atoms with Crippen LogP contribution in [0.1, 0.15) is 70.5 Å². The van der Waals surface area contributed by atoms with Gasteiger partial charge in [-0.25, -0.2) is 17.4 Å². The molecule has 332 valence electrons. The van der Waals surface area contributed by atoms with Crippen LogP contribution < -0.4 is 66.9 Å². The summed E-state index contributed by atoms with van der Waals surface area (Å²) in [6.07, 6.45) is -6.32. The monoisotopic (exact) mass is 909 g/mol. The van der Waals surface area contributed by atoms with Crippen LogP contribution in [0.4, 0.5) is 16.2 Å². The minimum atomic E-state index is -4.93. The average Bonchev–Trinajstić information content (AvgIpc) is 3.24. The smallest absolute Gasteiger partial charge is 1.00 e. The van der Waals surface area contributed by atoms with Crippen molar-refractivity contribution in [3.05, 3.63) is 89.5 Å². The molecule has 2 heterocycles. The number of ether oxygens (including phenoxy) is 2. The maximum absolute atomic E-state index is 14.0. The fraction of sp³-hybridized carbons (Fsp3) is 0.525. The summed E-state index contributed by atoms with van der Waals surface area (Å²) in [5.41, 5.74) is 1.78. The van der Waals surface area contributed by atoms with Crippen LogP contribution in [0.15, 0.2) is 77.7 Å². The molecular weight excluding hydrogens is 850 g/mol. The average molecular weight is 910 g/mol. The Morgan fingerprint density at radius 3 is 2.27 bits per heavy atom. The minimum absolute atomic E-state index is 0. The van der Waals surface area contributed by atoms with Crippen LogP contribution in [0.2, 0.25) is 0 Å². The van der Waals surface area contributed by atoms with E-state index in [0.717, 1.165) is 18.5 Å². The van der Waals surface area contributed by atoms with Crippen molar-refractivity contribution < 1.29 is 119 Å². The molecule has 9 N–H and O–H groups in total. The molecule has 0 saturated carbocycles. The van der Waals surface area contributed by atoms with Gasteiger partial charge in [-0.05, 0) is 66.8 Å². The number of amides is 2. The summed E-state index contributed by atoms with van der Waals surface area (Å²) in [5, 5.41) is 47.2. The number of nitrogens with zero attached hydrogens (tertiary/aromatic N) is 1. The molecule has 0 bridgehead atoms. The first kappa shape index (κ1) is 54.0. The second-order valence-corrected chi connectivity index (χ2v) is 17.8. The van der Waals surface area contributed by atoms with E-state index in [1.807, 2.05) is 32.8 Å². The van der Waals surface area contributed by atoms with Crippen molar-refractivity contribution in [1.29, 1.82) is 0 Å². The van der Waals surface area contributed by atoms with Gasteiger partial charge in [-0.3, -0.25) is 4.55 Å². The third kappa shape index (κ3) is 14.0. The van der Waals surface area contributed by atoms with Crippen molar-refractivity contribution in [3.63, 3.8) is 0 Å². The molecule has 2 aliphatic rings. The van der Waals surface area contributed by atoms with Gasteiger partial charge in [-0.1, -0.05) is 69.2 Å². The van der Waals surface area contributed by atoms with E-state index in [4.69, 9.17) is 19.1 Å². The molecule has 0 aromatic heterocycles. The van der Waals surface area contributed by atoms with Gasteiger partial charge in [0.1, 0.15) is 24.4 Å². The summed E-state index contributed by atoms with van der Waals surface area (Å²) in [5.74, 6) is -1.00. The van der Waals surface area contributed by atoms with Gasteiger partial charge < -0.3 is 52.3 Å². The van der Waals surface area contributed by atoms with Crippen LogP contribution >= 0.6 is 0 Å². The topological polar surface area (TPSA) is 273 Å². The molecule has 17 nitrogen and oxygen atoms in total. The number of aliphatic hydroxyl groups excluding tert-OH is 4. The number of unbranched alkanes of at least 4 members (excludes halogenated alkanes) is 1. The van der Waals surface area contributed by atoms with Gasteiger partial charge >= 0.3 is 67.8 Å². The summed E-state index contributed by atoms with van der Waals surface area (Å²) < 4.78 is 75.7. The van der Waals surface area contributed by atoms with Crippen LogP contribution in [0.3, 0.4) is 0 Å². The molecule has 8 atom stereocenters. The largest absolute Gasteiger partial charge is 1.00 e. The predicted molar refractivity (Wildman–Crippen MR) is 222 cm³/mol. The number of carbonyl (C=O) groups is 1. The molecule has 20 heteroatoms. The van der Waals surface area contributed by atoms with E-state index in [1.54, 1.807) is 79.7 Å². The third-order valence-electron chi connectivity index (χ3n) is 10.5. The van der Waals surface area contributed by atoms with Crippen molar-refractivity contribution >= 4 is 37.6 Å². The number of nitrogens with one attached hydrogen (secondary N) is 2. The van der Waals surface area contributed by atoms with Gasteiger partial charge in [-0.15, -0.1) is 0 Å². The van der Waals surface area contributed by atoms with Crippen LogP contribution in [0, 0.1) is 5.41 Å². The SMILES string of the molecule is CCCC[C@]1(CC)CS(=O)(=O)c2ccc(N(C)C)cc2[C@@H](c2cccc(NC(=O)N[C@@H]3O[C@H](COS(=O)(=O)O)[C@@H](O)[C@H](OCc4ccccc4)[C@H]3O)c2)[C@H]1O.CCO.O.[H-].[K+]. The summed E-state index contributed by atoms with van der Waals surface area (Å²) in [4.78, 5) is 15.5. The summed E-state index contributed by atoms with van der Waals surface area (Å²) in [6.45, 7) is 4.93. The number of anilines is 2. The van der Waals surface area contributed by atoms with E-state index >= 15 is 0 Å². The van der Waals surface area contributed by atoms with Gasteiger partial charge in [0.25, 0.3) is 0 Å². The number of rotatable bonds is 14. The number of carbonyl (C=O) groups excluding carboxylic acids is 1. The van der Waals surface area contributed by atoms with Crippen LogP contribution in [-0.2, 0) is 40.5 Å². The second-order valence-electron chi connectivity index (χ2n) is 14.7. The maximum atomic E-state index is 14.0. The van der Waals surface area contributed by atoms with Crippen molar-refractivity contribution in [3.8, 4) is 0 Å². The Hall–Kier alpha value is -2.09. The van der Waals surface area contributed by atoms with Gasteiger partial charge in [0.05, 0.1) is 30.0 Å². The Balaban J connectivity index is 0.00000301. The summed E-state index contributed by atoms with van der Waals surface area (Å²) in [6, 6.07) is 19.8. The van der Waals surface area contributed by atoms with Crippen molar-refractivity contribution in [2.24, 2.45) is 5.41 Å². The summed E-state index contributed by atoms with van der Waals surface area (Å²) >= 11 is 0. The predicted octanol–water partition coefficient (Wildman–Crippen LogP) is -0.117. The van der Waals surface area contributed by atoms with Gasteiger partial charge in [0.15, 0.2) is 16.1 Å². The Morgan fingerprint density at radius 1 is 1.00 bits per heavy atom. The van der Waals surface area contributed by atoms with E-state index in [9.17, 15) is 36.9 Å². The first-order valence-corrected chi connectivity index (χ1v) is 22.2. The third-order valence-corrected chi connectivity index (χ3v) is 12.9. The van der Waals surface area contributed by atoms with E-state index in [0.29, 0.717) is 29.5 Å². The Labute approximate surface area is 396 Å². The van der Waals surface area contributed by atoms with Gasteiger partial charge in [0.2, 0.25) is 0 Å². The number of sulfone groups is 1. The number of urea groups is 1. The molecule has 0 radical (unpaired) electrons. The van der Waals surface area contributed by atoms with Crippen molar-refractivity contribution in [1.82, 2.24) is 5.32 Å². The van der Waals surface area contributed by atoms with E-state index in [1.165, 1.54) is 0 Å². The molecule has 0 spiro atoms. The van der Waals surface area contributed by atoms with E-state index in [-0.39, 0.29) is 87.8 Å². The first-order chi connectivity index (χ1) is 27.4. The Morgan fingerprint density at radius 2 is 1.67 bits per heavy atom. The number of hydrogen-bond donors (Lipinski definition) is 7. The number of fused-ring (bicyclic) bond motifs is 1. The molecule has 2 aliphatic heterocycles. The summed E-state index contributed by atoms with van der Waals surface area (Å²) in [7, 11) is -5.07. The Kier molecular flexibility index (Phi) is 21.7. The molecule has 5 rings (SSSR count). The van der Waals surface area contributed by atoms with Crippen LogP contribution in [0.25, 0.3) is 0 Å². The molecule has 0 unspecified atom stereocenters. The molecule has 1 saturated heterocycles. The van der Waals surface area contributed by atoms with Crippen molar-refractivity contribution in [2.75, 3.05) is 43.3 Å². The zero-order valence-corrected chi connectivity index (χ0v) is 39.6. The molecule has 2 amide bonds. The molecule has 60 heavy (non-hydrogen) atoms. The Bertz CT molecular complexity index is 2040.